The molecule has 2 fully saturated rings. The highest BCUT2D eigenvalue weighted by Crippen LogP contribution is 2.31. The molecule has 1 unspecified atom stereocenters. The number of carbonyl (C=O) groups is 3. The quantitative estimate of drug-likeness (QED) is 0.721. The van der Waals surface area contributed by atoms with E-state index in [0.29, 0.717) is 0 Å². The topological polar surface area (TPSA) is 105 Å². The molecule has 3 amide bonds. The fourth-order valence-corrected chi connectivity index (χ4v) is 3.66. The van der Waals surface area contributed by atoms with Gasteiger partial charge in [0.25, 0.3) is 0 Å². The number of furan rings is 1. The first-order valence-corrected chi connectivity index (χ1v) is 10.3. The monoisotopic (exact) mass is 464 g/mol. The van der Waals surface area contributed by atoms with Crippen LogP contribution in [0.25, 0.3) is 0 Å². The second-order valence-electron chi connectivity index (χ2n) is 7.52. The molecule has 1 atom stereocenters. The van der Waals surface area contributed by atoms with Gasteiger partial charge < -0.3 is 19.4 Å². The van der Waals surface area contributed by atoms with Crippen LogP contribution in [0.5, 0.6) is 0 Å². The lowest BCUT2D eigenvalue weighted by Crippen LogP contribution is -2.35. The number of nitrogens with one attached hydrogen (secondary N) is 1. The van der Waals surface area contributed by atoms with Crippen molar-refractivity contribution in [1.82, 2.24) is 10.4 Å². The number of halogens is 2. The van der Waals surface area contributed by atoms with Crippen LogP contribution < -0.4 is 15.1 Å². The van der Waals surface area contributed by atoms with E-state index in [9.17, 15) is 23.2 Å². The summed E-state index contributed by atoms with van der Waals surface area (Å²) in [5.41, 5.74) is -0.276. The summed E-state index contributed by atoms with van der Waals surface area (Å²) >= 11 is 0. The number of nitrogens with zero attached hydrogens (tertiary/aromatic N) is 3. The first kappa shape index (κ1) is 22.5. The van der Waals surface area contributed by atoms with Crippen LogP contribution in [0.1, 0.15) is 17.5 Å². The van der Waals surface area contributed by atoms with Gasteiger partial charge in [-0.05, 0) is 12.1 Å². The lowest BCUT2D eigenvalue weighted by atomic mass is 10.2. The summed E-state index contributed by atoms with van der Waals surface area (Å²) < 4.78 is 40.2. The minimum Gasteiger partial charge on any atom is -0.459 e. The van der Waals surface area contributed by atoms with Gasteiger partial charge in [-0.2, -0.15) is 0 Å². The molecule has 33 heavy (non-hydrogen) atoms. The van der Waals surface area contributed by atoms with Crippen molar-refractivity contribution in [3.63, 3.8) is 0 Å². The van der Waals surface area contributed by atoms with E-state index >= 15 is 0 Å². The van der Waals surface area contributed by atoms with Crippen molar-refractivity contribution in [1.29, 1.82) is 0 Å². The largest absolute Gasteiger partial charge is 0.459 e. The van der Waals surface area contributed by atoms with Gasteiger partial charge in [-0.3, -0.25) is 19.3 Å². The second-order valence-corrected chi connectivity index (χ2v) is 7.52. The number of hydrogen-bond donors (Lipinski definition) is 1. The van der Waals surface area contributed by atoms with Gasteiger partial charge in [-0.15, -0.1) is 0 Å². The summed E-state index contributed by atoms with van der Waals surface area (Å²) in [5.74, 6) is -2.40. The molecule has 1 N–H and O–H groups in total. The smallest absolute Gasteiger partial charge is 0.414 e. The maximum atomic E-state index is 15.0. The Labute approximate surface area is 187 Å². The Morgan fingerprint density at radius 1 is 1.18 bits per heavy atom. The van der Waals surface area contributed by atoms with Gasteiger partial charge in [-0.1, -0.05) is 0 Å². The zero-order valence-electron chi connectivity index (χ0n) is 17.8. The molecule has 0 spiro atoms. The number of hydroxylamine groups is 2. The first-order valence-electron chi connectivity index (χ1n) is 10.3. The number of cyclic esters (lactones) is 1. The third-order valence-electron chi connectivity index (χ3n) is 5.22. The SMILES string of the molecule is CC(=O)NCC1CN(c2cc(F)c(N3CCON(C(=O)c4ccco4)CC3)c(F)c2)C(=O)O1. The van der Waals surface area contributed by atoms with Crippen LogP contribution in [0.2, 0.25) is 0 Å². The molecule has 10 nitrogen and oxygen atoms in total. The predicted molar refractivity (Wildman–Crippen MR) is 111 cm³/mol. The first-order chi connectivity index (χ1) is 15.8. The van der Waals surface area contributed by atoms with Crippen molar-refractivity contribution in [2.45, 2.75) is 13.0 Å². The third-order valence-corrected chi connectivity index (χ3v) is 5.22. The lowest BCUT2D eigenvalue weighted by molar-refractivity contribution is -0.119. The molecule has 1 aromatic carbocycles. The molecule has 2 aromatic rings. The van der Waals surface area contributed by atoms with E-state index in [0.717, 1.165) is 22.1 Å². The summed E-state index contributed by atoms with van der Waals surface area (Å²) in [6.07, 6.45) is -0.0261. The van der Waals surface area contributed by atoms with E-state index < -0.39 is 29.7 Å². The van der Waals surface area contributed by atoms with Crippen molar-refractivity contribution in [2.24, 2.45) is 0 Å². The Bertz CT molecular complexity index is 1020. The molecule has 0 saturated carbocycles. The van der Waals surface area contributed by atoms with Crippen LogP contribution >= 0.6 is 0 Å². The summed E-state index contributed by atoms with van der Waals surface area (Å²) in [5, 5.41) is 3.63. The Balaban J connectivity index is 1.46. The van der Waals surface area contributed by atoms with E-state index in [2.05, 4.69) is 5.32 Å². The molecule has 2 saturated heterocycles. The highest BCUT2D eigenvalue weighted by atomic mass is 19.1. The van der Waals surface area contributed by atoms with Gasteiger partial charge >= 0.3 is 12.0 Å². The van der Waals surface area contributed by atoms with Crippen LogP contribution in [-0.2, 0) is 14.4 Å². The molecule has 0 aliphatic carbocycles. The van der Waals surface area contributed by atoms with Gasteiger partial charge in [0.15, 0.2) is 17.4 Å². The van der Waals surface area contributed by atoms with E-state index in [4.69, 9.17) is 14.0 Å². The molecule has 0 radical (unpaired) electrons. The minimum absolute atomic E-state index is 0.00442. The fourth-order valence-electron chi connectivity index (χ4n) is 3.66. The number of rotatable bonds is 5. The van der Waals surface area contributed by atoms with Crippen LogP contribution in [-0.4, -0.2) is 68.4 Å². The normalized spacial score (nSPS) is 18.8. The van der Waals surface area contributed by atoms with Crippen molar-refractivity contribution >= 4 is 29.3 Å². The number of benzene rings is 1. The molecule has 2 aliphatic rings. The van der Waals surface area contributed by atoms with Gasteiger partial charge in [0.05, 0.1) is 38.2 Å². The summed E-state index contributed by atoms with van der Waals surface area (Å²) in [4.78, 5) is 43.6. The van der Waals surface area contributed by atoms with Crippen molar-refractivity contribution < 1.29 is 37.2 Å². The number of hydrogen-bond acceptors (Lipinski definition) is 7. The van der Waals surface area contributed by atoms with E-state index in [1.807, 2.05) is 0 Å². The van der Waals surface area contributed by atoms with Gasteiger partial charge in [0.2, 0.25) is 5.91 Å². The highest BCUT2D eigenvalue weighted by molar-refractivity contribution is 5.91. The zero-order chi connectivity index (χ0) is 23.5. The van der Waals surface area contributed by atoms with Crippen LogP contribution in [0, 0.1) is 11.6 Å². The number of anilines is 2. The fraction of sp³-hybridized carbons (Fsp3) is 0.381. The maximum Gasteiger partial charge on any atom is 0.414 e. The Morgan fingerprint density at radius 3 is 2.61 bits per heavy atom. The molecule has 2 aliphatic heterocycles. The highest BCUT2D eigenvalue weighted by Gasteiger charge is 2.34. The van der Waals surface area contributed by atoms with Crippen molar-refractivity contribution in [2.75, 3.05) is 49.1 Å². The molecule has 3 heterocycles. The molecule has 0 bridgehead atoms. The van der Waals surface area contributed by atoms with Gasteiger partial charge in [0, 0.05) is 32.1 Å². The number of ether oxygens (including phenoxy) is 1. The molecular weight excluding hydrogens is 442 g/mol. The standard InChI is InChI=1S/C21H22F2N4O6/c1-13(28)24-11-15-12-26(21(30)33-15)14-9-16(22)19(17(23)10-14)25-4-5-27(32-8-6-25)20(29)18-3-2-7-31-18/h2-3,7,9-10,15H,4-6,8,11-12H2,1H3,(H,24,28). The molecule has 12 heteroatoms. The maximum absolute atomic E-state index is 15.0. The van der Waals surface area contributed by atoms with Gasteiger partial charge in [0.1, 0.15) is 11.8 Å². The number of amides is 3. The van der Waals surface area contributed by atoms with E-state index in [1.165, 1.54) is 24.2 Å². The van der Waals surface area contributed by atoms with Crippen molar-refractivity contribution in [3.8, 4) is 0 Å². The van der Waals surface area contributed by atoms with E-state index in [-0.39, 0.29) is 62.4 Å². The Morgan fingerprint density at radius 2 is 1.94 bits per heavy atom. The van der Waals surface area contributed by atoms with E-state index in [1.54, 1.807) is 6.07 Å². The average molecular weight is 464 g/mol. The minimum atomic E-state index is -0.867. The molecular formula is C21H22F2N4O6. The van der Waals surface area contributed by atoms with Crippen LogP contribution in [0.4, 0.5) is 25.0 Å². The summed E-state index contributed by atoms with van der Waals surface area (Å²) in [7, 11) is 0. The van der Waals surface area contributed by atoms with Crippen LogP contribution in [0.3, 0.4) is 0 Å². The number of carbonyl (C=O) groups excluding carboxylic acids is 3. The Kier molecular flexibility index (Phi) is 6.45. The Hall–Kier alpha value is -3.67. The zero-order valence-corrected chi connectivity index (χ0v) is 17.8. The van der Waals surface area contributed by atoms with Crippen LogP contribution in [0.15, 0.2) is 34.9 Å². The van der Waals surface area contributed by atoms with Gasteiger partial charge in [-0.25, -0.2) is 18.6 Å². The summed E-state index contributed by atoms with van der Waals surface area (Å²) in [6, 6.07) is 5.17. The second kappa shape index (κ2) is 9.45. The average Bonchev–Trinajstić information content (AvgIpc) is 3.36. The molecule has 1 aromatic heterocycles. The van der Waals surface area contributed by atoms with Crippen molar-refractivity contribution in [3.05, 3.63) is 47.9 Å². The molecule has 4 rings (SSSR count). The molecule has 176 valence electrons. The predicted octanol–water partition coefficient (Wildman–Crippen LogP) is 1.91. The third kappa shape index (κ3) is 4.90. The lowest BCUT2D eigenvalue weighted by Gasteiger charge is -2.24. The summed E-state index contributed by atoms with van der Waals surface area (Å²) in [6.45, 7) is 1.81.